The Bertz CT molecular complexity index is 340. The van der Waals surface area contributed by atoms with E-state index in [0.717, 1.165) is 19.6 Å². The molecule has 0 saturated carbocycles. The summed E-state index contributed by atoms with van der Waals surface area (Å²) in [7, 11) is 4.40. The predicted octanol–water partition coefficient (Wildman–Crippen LogP) is 1.60. The predicted molar refractivity (Wildman–Crippen MR) is 74.3 cm³/mol. The molecular formula is C13H23N3S. The number of thiophene rings is 1. The summed E-state index contributed by atoms with van der Waals surface area (Å²) in [5, 5.41) is 2.14. The van der Waals surface area contributed by atoms with Crippen LogP contribution in [0.1, 0.15) is 18.2 Å². The van der Waals surface area contributed by atoms with Gasteiger partial charge in [-0.3, -0.25) is 4.90 Å². The van der Waals surface area contributed by atoms with Crippen molar-refractivity contribution in [2.45, 2.75) is 31.5 Å². The highest BCUT2D eigenvalue weighted by Crippen LogP contribution is 2.31. The van der Waals surface area contributed by atoms with Gasteiger partial charge in [0.1, 0.15) is 0 Å². The average Bonchev–Trinajstić information content (AvgIpc) is 2.89. The molecule has 2 N–H and O–H groups in total. The zero-order chi connectivity index (χ0) is 12.5. The lowest BCUT2D eigenvalue weighted by molar-refractivity contribution is 0.127. The molecule has 0 aromatic carbocycles. The summed E-state index contributed by atoms with van der Waals surface area (Å²) in [6.45, 7) is 5.11. The lowest BCUT2D eigenvalue weighted by Crippen LogP contribution is -2.53. The molecule has 1 saturated heterocycles. The van der Waals surface area contributed by atoms with Crippen LogP contribution in [-0.2, 0) is 6.54 Å². The molecule has 2 atom stereocenters. The standard InChI is InChI=1S/C13H23N3S/c1-11-7-13(9-14,10-15(11)2)16(3)8-12-5-4-6-17-12/h4-6,11H,7-10,14H2,1-3H3. The van der Waals surface area contributed by atoms with Gasteiger partial charge in [-0.2, -0.15) is 0 Å². The first-order valence-electron chi connectivity index (χ1n) is 6.21. The maximum absolute atomic E-state index is 6.06. The van der Waals surface area contributed by atoms with Gasteiger partial charge in [0.2, 0.25) is 0 Å². The fourth-order valence-electron chi connectivity index (χ4n) is 2.77. The zero-order valence-corrected chi connectivity index (χ0v) is 11.8. The third-order valence-corrected chi connectivity index (χ3v) is 5.00. The molecule has 96 valence electrons. The van der Waals surface area contributed by atoms with Crippen LogP contribution in [0.4, 0.5) is 0 Å². The summed E-state index contributed by atoms with van der Waals surface area (Å²) in [6, 6.07) is 4.95. The van der Waals surface area contributed by atoms with Crippen molar-refractivity contribution >= 4 is 11.3 Å². The molecule has 1 aliphatic rings. The number of rotatable bonds is 4. The minimum absolute atomic E-state index is 0.151. The second kappa shape index (κ2) is 5.06. The second-order valence-corrected chi connectivity index (χ2v) is 6.36. The van der Waals surface area contributed by atoms with Gasteiger partial charge in [-0.1, -0.05) is 6.07 Å². The van der Waals surface area contributed by atoms with Crippen molar-refractivity contribution in [3.05, 3.63) is 22.4 Å². The Morgan fingerprint density at radius 3 is 2.88 bits per heavy atom. The van der Waals surface area contributed by atoms with Gasteiger partial charge in [0, 0.05) is 36.1 Å². The zero-order valence-electron chi connectivity index (χ0n) is 11.0. The van der Waals surface area contributed by atoms with E-state index in [-0.39, 0.29) is 5.54 Å². The number of hydrogen-bond donors (Lipinski definition) is 1. The first-order valence-corrected chi connectivity index (χ1v) is 7.09. The molecule has 4 heteroatoms. The Hall–Kier alpha value is -0.420. The van der Waals surface area contributed by atoms with Crippen LogP contribution in [0.25, 0.3) is 0 Å². The molecule has 3 nitrogen and oxygen atoms in total. The van der Waals surface area contributed by atoms with Gasteiger partial charge in [0.15, 0.2) is 0 Å². The smallest absolute Gasteiger partial charge is 0.0473 e. The Balaban J connectivity index is 2.08. The molecule has 2 heterocycles. The molecule has 1 aliphatic heterocycles. The van der Waals surface area contributed by atoms with Crippen molar-refractivity contribution < 1.29 is 0 Å². The summed E-state index contributed by atoms with van der Waals surface area (Å²) in [5.41, 5.74) is 6.21. The molecule has 1 aromatic heterocycles. The fourth-order valence-corrected chi connectivity index (χ4v) is 3.53. The SMILES string of the molecule is CC1CC(CN)(N(C)Cc2cccs2)CN1C. The van der Waals surface area contributed by atoms with Crippen LogP contribution in [-0.4, -0.2) is 48.6 Å². The summed E-state index contributed by atoms with van der Waals surface area (Å²) in [6.07, 6.45) is 1.17. The lowest BCUT2D eigenvalue weighted by atomic mass is 9.94. The fraction of sp³-hybridized carbons (Fsp3) is 0.692. The normalized spacial score (nSPS) is 30.3. The summed E-state index contributed by atoms with van der Waals surface area (Å²) in [5.74, 6) is 0. The maximum atomic E-state index is 6.06. The Labute approximate surface area is 108 Å². The van der Waals surface area contributed by atoms with Crippen molar-refractivity contribution in [1.29, 1.82) is 0 Å². The van der Waals surface area contributed by atoms with Crippen molar-refractivity contribution in [1.82, 2.24) is 9.80 Å². The van der Waals surface area contributed by atoms with E-state index in [0.29, 0.717) is 6.04 Å². The molecule has 1 aromatic rings. The van der Waals surface area contributed by atoms with Gasteiger partial charge in [-0.25, -0.2) is 0 Å². The molecule has 0 aliphatic carbocycles. The third-order valence-electron chi connectivity index (χ3n) is 4.13. The van der Waals surface area contributed by atoms with Gasteiger partial charge in [0.25, 0.3) is 0 Å². The molecule has 0 spiro atoms. The van der Waals surface area contributed by atoms with Crippen molar-refractivity contribution in [3.8, 4) is 0 Å². The first-order chi connectivity index (χ1) is 8.07. The van der Waals surface area contributed by atoms with Crippen molar-refractivity contribution in [3.63, 3.8) is 0 Å². The van der Waals surface area contributed by atoms with Gasteiger partial charge in [-0.05, 0) is 38.9 Å². The van der Waals surface area contributed by atoms with E-state index < -0.39 is 0 Å². The minimum atomic E-state index is 0.151. The summed E-state index contributed by atoms with van der Waals surface area (Å²) >= 11 is 1.82. The molecule has 2 unspecified atom stereocenters. The number of hydrogen-bond acceptors (Lipinski definition) is 4. The maximum Gasteiger partial charge on any atom is 0.0473 e. The molecule has 0 amide bonds. The largest absolute Gasteiger partial charge is 0.329 e. The van der Waals surface area contributed by atoms with Gasteiger partial charge in [-0.15, -0.1) is 11.3 Å². The summed E-state index contributed by atoms with van der Waals surface area (Å²) in [4.78, 5) is 6.28. The van der Waals surface area contributed by atoms with E-state index in [4.69, 9.17) is 5.73 Å². The van der Waals surface area contributed by atoms with Crippen LogP contribution in [0.15, 0.2) is 17.5 Å². The van der Waals surface area contributed by atoms with Gasteiger partial charge >= 0.3 is 0 Å². The molecule has 17 heavy (non-hydrogen) atoms. The highest BCUT2D eigenvalue weighted by molar-refractivity contribution is 7.09. The van der Waals surface area contributed by atoms with E-state index in [2.05, 4.69) is 48.3 Å². The molecule has 1 fully saturated rings. The Morgan fingerprint density at radius 2 is 2.41 bits per heavy atom. The minimum Gasteiger partial charge on any atom is -0.329 e. The highest BCUT2D eigenvalue weighted by atomic mass is 32.1. The first kappa shape index (κ1) is 13.0. The second-order valence-electron chi connectivity index (χ2n) is 5.33. The average molecular weight is 253 g/mol. The Morgan fingerprint density at radius 1 is 1.65 bits per heavy atom. The molecule has 0 radical (unpaired) electrons. The highest BCUT2D eigenvalue weighted by Gasteiger charge is 2.42. The van der Waals surface area contributed by atoms with E-state index in [1.807, 2.05) is 11.3 Å². The number of nitrogens with two attached hydrogens (primary N) is 1. The van der Waals surface area contributed by atoms with Crippen LogP contribution < -0.4 is 5.73 Å². The van der Waals surface area contributed by atoms with Crippen LogP contribution in [0.3, 0.4) is 0 Å². The molecular weight excluding hydrogens is 230 g/mol. The van der Waals surface area contributed by atoms with Crippen LogP contribution in [0.2, 0.25) is 0 Å². The van der Waals surface area contributed by atoms with Crippen molar-refractivity contribution in [2.75, 3.05) is 27.2 Å². The van der Waals surface area contributed by atoms with E-state index in [9.17, 15) is 0 Å². The van der Waals surface area contributed by atoms with Gasteiger partial charge < -0.3 is 10.6 Å². The van der Waals surface area contributed by atoms with Crippen LogP contribution in [0, 0.1) is 0 Å². The molecule has 2 rings (SSSR count). The van der Waals surface area contributed by atoms with Crippen LogP contribution in [0.5, 0.6) is 0 Å². The van der Waals surface area contributed by atoms with E-state index in [1.54, 1.807) is 0 Å². The quantitative estimate of drug-likeness (QED) is 0.885. The van der Waals surface area contributed by atoms with Crippen LogP contribution >= 0.6 is 11.3 Å². The Kier molecular flexibility index (Phi) is 3.88. The van der Waals surface area contributed by atoms with E-state index >= 15 is 0 Å². The third kappa shape index (κ3) is 2.55. The van der Waals surface area contributed by atoms with Crippen molar-refractivity contribution in [2.24, 2.45) is 5.73 Å². The number of likely N-dealkylation sites (N-methyl/N-ethyl adjacent to an activating group) is 2. The topological polar surface area (TPSA) is 32.5 Å². The number of likely N-dealkylation sites (tertiary alicyclic amines) is 1. The summed E-state index contributed by atoms with van der Waals surface area (Å²) < 4.78 is 0. The van der Waals surface area contributed by atoms with Gasteiger partial charge in [0.05, 0.1) is 0 Å². The number of nitrogens with zero attached hydrogens (tertiary/aromatic N) is 2. The monoisotopic (exact) mass is 253 g/mol. The van der Waals surface area contributed by atoms with E-state index in [1.165, 1.54) is 11.3 Å². The molecule has 0 bridgehead atoms. The lowest BCUT2D eigenvalue weighted by Gasteiger charge is -2.37.